The lowest BCUT2D eigenvalue weighted by atomic mass is 9.85. The van der Waals surface area contributed by atoms with E-state index in [9.17, 15) is 4.39 Å². The Bertz CT molecular complexity index is 388. The van der Waals surface area contributed by atoms with Crippen LogP contribution in [0.3, 0.4) is 0 Å². The van der Waals surface area contributed by atoms with Crippen molar-refractivity contribution in [3.8, 4) is 0 Å². The minimum atomic E-state index is -0.165. The first-order valence-corrected chi connectivity index (χ1v) is 6.98. The lowest BCUT2D eigenvalue weighted by Gasteiger charge is -2.34. The van der Waals surface area contributed by atoms with Gasteiger partial charge in [-0.25, -0.2) is 4.39 Å². The van der Waals surface area contributed by atoms with Crippen molar-refractivity contribution in [1.82, 2.24) is 0 Å². The first-order valence-electron chi connectivity index (χ1n) is 6.98. The van der Waals surface area contributed by atoms with Crippen LogP contribution in [0.25, 0.3) is 0 Å². The predicted octanol–water partition coefficient (Wildman–Crippen LogP) is 2.95. The molecule has 2 rings (SSSR count). The van der Waals surface area contributed by atoms with Gasteiger partial charge in [-0.05, 0) is 62.4 Å². The van der Waals surface area contributed by atoms with E-state index in [1.807, 2.05) is 6.07 Å². The largest absolute Gasteiger partial charge is 0.371 e. The third-order valence-electron chi connectivity index (χ3n) is 3.88. The highest BCUT2D eigenvalue weighted by Crippen LogP contribution is 2.30. The number of hydrogen-bond donors (Lipinski definition) is 1. The van der Waals surface area contributed by atoms with Crippen LogP contribution in [-0.4, -0.2) is 19.6 Å². The smallest absolute Gasteiger partial charge is 0.123 e. The van der Waals surface area contributed by atoms with Crippen LogP contribution in [0, 0.1) is 11.7 Å². The van der Waals surface area contributed by atoms with Crippen LogP contribution in [0.1, 0.15) is 31.7 Å². The van der Waals surface area contributed by atoms with Crippen LogP contribution in [0.15, 0.2) is 18.2 Å². The van der Waals surface area contributed by atoms with E-state index in [2.05, 4.69) is 11.8 Å². The standard InChI is InChI=1S/C15H23FN2/c1-2-18(11-12-4-3-5-12)15-7-6-14(16)10-13(15)8-9-17/h6-7,10,12H,2-5,8-9,11,17H2,1H3. The van der Waals surface area contributed by atoms with Gasteiger partial charge < -0.3 is 10.6 Å². The summed E-state index contributed by atoms with van der Waals surface area (Å²) >= 11 is 0. The quantitative estimate of drug-likeness (QED) is 0.841. The fraction of sp³-hybridized carbons (Fsp3) is 0.600. The molecule has 1 aliphatic rings. The maximum Gasteiger partial charge on any atom is 0.123 e. The first-order chi connectivity index (χ1) is 8.74. The predicted molar refractivity (Wildman–Crippen MR) is 74.4 cm³/mol. The highest BCUT2D eigenvalue weighted by molar-refractivity contribution is 5.54. The minimum absolute atomic E-state index is 0.165. The molecule has 0 heterocycles. The van der Waals surface area contributed by atoms with E-state index in [-0.39, 0.29) is 5.82 Å². The molecular weight excluding hydrogens is 227 g/mol. The monoisotopic (exact) mass is 250 g/mol. The highest BCUT2D eigenvalue weighted by atomic mass is 19.1. The molecule has 0 atom stereocenters. The molecule has 1 aliphatic carbocycles. The maximum absolute atomic E-state index is 13.3. The van der Waals surface area contributed by atoms with Crippen molar-refractivity contribution in [3.63, 3.8) is 0 Å². The molecule has 2 nitrogen and oxygen atoms in total. The first kappa shape index (κ1) is 13.3. The molecule has 3 heteroatoms. The number of halogens is 1. The third kappa shape index (κ3) is 3.02. The van der Waals surface area contributed by atoms with E-state index in [4.69, 9.17) is 5.73 Å². The van der Waals surface area contributed by atoms with Gasteiger partial charge in [-0.3, -0.25) is 0 Å². The summed E-state index contributed by atoms with van der Waals surface area (Å²) in [4.78, 5) is 2.37. The molecule has 0 unspecified atom stereocenters. The van der Waals surface area contributed by atoms with Crippen molar-refractivity contribution in [2.75, 3.05) is 24.5 Å². The molecule has 0 bridgehead atoms. The molecule has 1 aromatic carbocycles. The van der Waals surface area contributed by atoms with Crippen LogP contribution >= 0.6 is 0 Å². The normalized spacial score (nSPS) is 15.5. The lowest BCUT2D eigenvalue weighted by molar-refractivity contribution is 0.318. The van der Waals surface area contributed by atoms with Gasteiger partial charge >= 0.3 is 0 Å². The second kappa shape index (κ2) is 6.19. The number of hydrogen-bond acceptors (Lipinski definition) is 2. The van der Waals surface area contributed by atoms with Gasteiger partial charge in [0.1, 0.15) is 5.82 Å². The van der Waals surface area contributed by atoms with Gasteiger partial charge in [-0.1, -0.05) is 6.42 Å². The van der Waals surface area contributed by atoms with Gasteiger partial charge in [0, 0.05) is 18.8 Å². The molecule has 100 valence electrons. The molecule has 1 fully saturated rings. The Morgan fingerprint density at radius 2 is 2.17 bits per heavy atom. The average molecular weight is 250 g/mol. The van der Waals surface area contributed by atoms with E-state index >= 15 is 0 Å². The summed E-state index contributed by atoms with van der Waals surface area (Å²) in [5, 5.41) is 0. The summed E-state index contributed by atoms with van der Waals surface area (Å²) in [5.41, 5.74) is 7.82. The SMILES string of the molecule is CCN(CC1CCC1)c1ccc(F)cc1CCN. The minimum Gasteiger partial charge on any atom is -0.371 e. The Balaban J connectivity index is 2.16. The fourth-order valence-corrected chi connectivity index (χ4v) is 2.60. The molecule has 2 N–H and O–H groups in total. The Morgan fingerprint density at radius 1 is 1.39 bits per heavy atom. The van der Waals surface area contributed by atoms with E-state index in [0.29, 0.717) is 6.54 Å². The van der Waals surface area contributed by atoms with Crippen molar-refractivity contribution in [1.29, 1.82) is 0 Å². The average Bonchev–Trinajstić information content (AvgIpc) is 2.30. The maximum atomic E-state index is 13.3. The Labute approximate surface area is 109 Å². The van der Waals surface area contributed by atoms with Crippen molar-refractivity contribution in [3.05, 3.63) is 29.6 Å². The summed E-state index contributed by atoms with van der Waals surface area (Å²) < 4.78 is 13.3. The van der Waals surface area contributed by atoms with Crippen molar-refractivity contribution in [2.24, 2.45) is 11.7 Å². The number of nitrogens with two attached hydrogens (primary N) is 1. The van der Waals surface area contributed by atoms with Crippen molar-refractivity contribution >= 4 is 5.69 Å². The van der Waals surface area contributed by atoms with Gasteiger partial charge in [-0.15, -0.1) is 0 Å². The molecule has 0 saturated heterocycles. The molecule has 0 aliphatic heterocycles. The van der Waals surface area contributed by atoms with Crippen LogP contribution < -0.4 is 10.6 Å². The van der Waals surface area contributed by atoms with Crippen LogP contribution in [0.2, 0.25) is 0 Å². The second-order valence-electron chi connectivity index (χ2n) is 5.15. The van der Waals surface area contributed by atoms with Crippen LogP contribution in [0.4, 0.5) is 10.1 Å². The fourth-order valence-electron chi connectivity index (χ4n) is 2.60. The zero-order chi connectivity index (χ0) is 13.0. The lowest BCUT2D eigenvalue weighted by Crippen LogP contribution is -2.33. The summed E-state index contributed by atoms with van der Waals surface area (Å²) in [7, 11) is 0. The highest BCUT2D eigenvalue weighted by Gasteiger charge is 2.21. The molecule has 18 heavy (non-hydrogen) atoms. The molecular formula is C15H23FN2. The van der Waals surface area contributed by atoms with E-state index in [1.54, 1.807) is 12.1 Å². The number of nitrogens with zero attached hydrogens (tertiary/aromatic N) is 1. The van der Waals surface area contributed by atoms with Crippen molar-refractivity contribution < 1.29 is 4.39 Å². The molecule has 1 aromatic rings. The van der Waals surface area contributed by atoms with Crippen LogP contribution in [0.5, 0.6) is 0 Å². The van der Waals surface area contributed by atoms with Gasteiger partial charge in [0.15, 0.2) is 0 Å². The molecule has 0 radical (unpaired) electrons. The van der Waals surface area contributed by atoms with Gasteiger partial charge in [0.2, 0.25) is 0 Å². The topological polar surface area (TPSA) is 29.3 Å². The number of benzene rings is 1. The zero-order valence-corrected chi connectivity index (χ0v) is 11.2. The Hall–Kier alpha value is -1.09. The van der Waals surface area contributed by atoms with Gasteiger partial charge in [-0.2, -0.15) is 0 Å². The molecule has 1 saturated carbocycles. The van der Waals surface area contributed by atoms with Gasteiger partial charge in [0.25, 0.3) is 0 Å². The number of anilines is 1. The second-order valence-corrected chi connectivity index (χ2v) is 5.15. The Kier molecular flexibility index (Phi) is 4.59. The van der Waals surface area contributed by atoms with E-state index in [1.165, 1.54) is 19.3 Å². The van der Waals surface area contributed by atoms with E-state index < -0.39 is 0 Å². The summed E-state index contributed by atoms with van der Waals surface area (Å²) in [6, 6.07) is 5.09. The zero-order valence-electron chi connectivity index (χ0n) is 11.2. The Morgan fingerprint density at radius 3 is 2.72 bits per heavy atom. The summed E-state index contributed by atoms with van der Waals surface area (Å²) in [6.45, 7) is 4.80. The third-order valence-corrected chi connectivity index (χ3v) is 3.88. The summed E-state index contributed by atoms with van der Waals surface area (Å²) in [6.07, 6.45) is 4.78. The van der Waals surface area contributed by atoms with Crippen molar-refractivity contribution in [2.45, 2.75) is 32.6 Å². The van der Waals surface area contributed by atoms with E-state index in [0.717, 1.165) is 36.7 Å². The van der Waals surface area contributed by atoms with Crippen LogP contribution in [-0.2, 0) is 6.42 Å². The van der Waals surface area contributed by atoms with Gasteiger partial charge in [0.05, 0.1) is 0 Å². The molecule has 0 aromatic heterocycles. The summed E-state index contributed by atoms with van der Waals surface area (Å²) in [5.74, 6) is 0.655. The number of rotatable bonds is 6. The molecule has 0 amide bonds. The molecule has 0 spiro atoms.